The molecule has 0 unspecified atom stereocenters. The van der Waals surface area contributed by atoms with E-state index in [1.807, 2.05) is 0 Å². The van der Waals surface area contributed by atoms with Crippen LogP contribution in [0.4, 0.5) is 0 Å². The minimum Gasteiger partial charge on any atom is -0.341 e. The first-order valence-corrected chi connectivity index (χ1v) is 6.04. The molecule has 19 heavy (non-hydrogen) atoms. The number of rotatable bonds is 5. The Morgan fingerprint density at radius 3 is 3.00 bits per heavy atom. The van der Waals surface area contributed by atoms with E-state index in [0.717, 1.165) is 5.56 Å². The van der Waals surface area contributed by atoms with Gasteiger partial charge in [-0.2, -0.15) is 5.10 Å². The summed E-state index contributed by atoms with van der Waals surface area (Å²) in [6.07, 6.45) is 5.43. The predicted octanol–water partition coefficient (Wildman–Crippen LogP) is 0.620. The molecular formula is C13H16N4O2. The van der Waals surface area contributed by atoms with E-state index in [9.17, 15) is 9.59 Å². The third kappa shape index (κ3) is 3.54. The molecule has 1 amide bonds. The molecular weight excluding hydrogens is 244 g/mol. The Kier molecular flexibility index (Phi) is 4.12. The van der Waals surface area contributed by atoms with Gasteiger partial charge in [-0.1, -0.05) is 6.07 Å². The van der Waals surface area contributed by atoms with Crippen molar-refractivity contribution in [3.8, 4) is 0 Å². The molecule has 0 spiro atoms. The molecule has 6 heteroatoms. The van der Waals surface area contributed by atoms with Gasteiger partial charge in [0.15, 0.2) is 0 Å². The number of aromatic nitrogens is 3. The highest BCUT2D eigenvalue weighted by molar-refractivity contribution is 5.75. The van der Waals surface area contributed by atoms with Crippen LogP contribution in [0.3, 0.4) is 0 Å². The van der Waals surface area contributed by atoms with Gasteiger partial charge in [-0.05, 0) is 6.07 Å². The standard InChI is InChI=1S/C13H16N4O2/c1-16(10-11-8-14-15-9-11)12(18)5-7-17-6-3-2-4-13(17)19/h2-4,6,8-9H,5,7,10H2,1H3,(H,14,15). The fourth-order valence-electron chi connectivity index (χ4n) is 1.78. The van der Waals surface area contributed by atoms with Crippen molar-refractivity contribution in [1.29, 1.82) is 0 Å². The largest absolute Gasteiger partial charge is 0.341 e. The first-order chi connectivity index (χ1) is 9.16. The average molecular weight is 260 g/mol. The molecule has 2 aromatic heterocycles. The number of carbonyl (C=O) groups excluding carboxylic acids is 1. The summed E-state index contributed by atoms with van der Waals surface area (Å²) < 4.78 is 1.53. The van der Waals surface area contributed by atoms with Gasteiger partial charge in [-0.15, -0.1) is 0 Å². The summed E-state index contributed by atoms with van der Waals surface area (Å²) in [6.45, 7) is 0.910. The van der Waals surface area contributed by atoms with E-state index in [4.69, 9.17) is 0 Å². The van der Waals surface area contributed by atoms with Crippen LogP contribution in [0.25, 0.3) is 0 Å². The molecule has 0 aliphatic carbocycles. The van der Waals surface area contributed by atoms with Crippen LogP contribution in [0.5, 0.6) is 0 Å². The molecule has 1 N–H and O–H groups in total. The predicted molar refractivity (Wildman–Crippen MR) is 70.4 cm³/mol. The summed E-state index contributed by atoms with van der Waals surface area (Å²) in [5, 5.41) is 6.54. The molecule has 0 aliphatic heterocycles. The number of nitrogens with one attached hydrogen (secondary N) is 1. The monoisotopic (exact) mass is 260 g/mol. The molecule has 0 saturated heterocycles. The Morgan fingerprint density at radius 2 is 2.32 bits per heavy atom. The number of pyridine rings is 1. The maximum Gasteiger partial charge on any atom is 0.250 e. The fraction of sp³-hybridized carbons (Fsp3) is 0.308. The zero-order valence-electron chi connectivity index (χ0n) is 10.7. The maximum absolute atomic E-state index is 11.9. The van der Waals surface area contributed by atoms with Gasteiger partial charge < -0.3 is 9.47 Å². The molecule has 0 saturated carbocycles. The molecule has 6 nitrogen and oxygen atoms in total. The summed E-state index contributed by atoms with van der Waals surface area (Å²) in [4.78, 5) is 25.0. The van der Waals surface area contributed by atoms with E-state index in [0.29, 0.717) is 19.5 Å². The number of hydrogen-bond donors (Lipinski definition) is 1. The number of H-pyrrole nitrogens is 1. The molecule has 2 heterocycles. The SMILES string of the molecule is CN(Cc1cn[nH]c1)C(=O)CCn1ccccc1=O. The van der Waals surface area contributed by atoms with Crippen molar-refractivity contribution in [2.24, 2.45) is 0 Å². The highest BCUT2D eigenvalue weighted by Crippen LogP contribution is 2.02. The molecule has 100 valence electrons. The van der Waals surface area contributed by atoms with Crippen molar-refractivity contribution >= 4 is 5.91 Å². The van der Waals surface area contributed by atoms with Crippen LogP contribution in [-0.2, 0) is 17.9 Å². The summed E-state index contributed by atoms with van der Waals surface area (Å²) in [7, 11) is 1.74. The van der Waals surface area contributed by atoms with E-state index in [1.165, 1.54) is 10.6 Å². The van der Waals surface area contributed by atoms with Crippen molar-refractivity contribution in [3.63, 3.8) is 0 Å². The van der Waals surface area contributed by atoms with E-state index < -0.39 is 0 Å². The van der Waals surface area contributed by atoms with Crippen LogP contribution in [0.1, 0.15) is 12.0 Å². The summed E-state index contributed by atoms with van der Waals surface area (Å²) in [6, 6.07) is 4.95. The molecule has 0 aromatic carbocycles. The second kappa shape index (κ2) is 5.99. The molecule has 2 aromatic rings. The van der Waals surface area contributed by atoms with E-state index >= 15 is 0 Å². The zero-order valence-corrected chi connectivity index (χ0v) is 10.7. The van der Waals surface area contributed by atoms with Gasteiger partial charge >= 0.3 is 0 Å². The van der Waals surface area contributed by atoms with Crippen molar-refractivity contribution < 1.29 is 4.79 Å². The van der Waals surface area contributed by atoms with E-state index in [1.54, 1.807) is 42.7 Å². The van der Waals surface area contributed by atoms with E-state index in [-0.39, 0.29) is 11.5 Å². The number of nitrogens with zero attached hydrogens (tertiary/aromatic N) is 3. The fourth-order valence-corrected chi connectivity index (χ4v) is 1.78. The van der Waals surface area contributed by atoms with Crippen LogP contribution in [0.2, 0.25) is 0 Å². The quantitative estimate of drug-likeness (QED) is 0.856. The molecule has 0 aliphatic rings. The number of aryl methyl sites for hydroxylation is 1. The average Bonchev–Trinajstić information content (AvgIpc) is 2.90. The lowest BCUT2D eigenvalue weighted by molar-refractivity contribution is -0.130. The van der Waals surface area contributed by atoms with Gasteiger partial charge in [0.25, 0.3) is 5.56 Å². The van der Waals surface area contributed by atoms with Crippen molar-refractivity contribution in [3.05, 3.63) is 52.7 Å². The lowest BCUT2D eigenvalue weighted by Gasteiger charge is -2.16. The van der Waals surface area contributed by atoms with Crippen LogP contribution < -0.4 is 5.56 Å². The third-order valence-corrected chi connectivity index (χ3v) is 2.87. The third-order valence-electron chi connectivity index (χ3n) is 2.87. The van der Waals surface area contributed by atoms with Crippen LogP contribution in [-0.4, -0.2) is 32.6 Å². The Morgan fingerprint density at radius 1 is 1.47 bits per heavy atom. The highest BCUT2D eigenvalue weighted by Gasteiger charge is 2.10. The molecule has 0 radical (unpaired) electrons. The maximum atomic E-state index is 11.9. The summed E-state index contributed by atoms with van der Waals surface area (Å²) in [5.74, 6) is -0.00282. The minimum absolute atomic E-state index is 0.00282. The number of hydrogen-bond acceptors (Lipinski definition) is 3. The lowest BCUT2D eigenvalue weighted by Crippen LogP contribution is -2.28. The van der Waals surface area contributed by atoms with Crippen LogP contribution >= 0.6 is 0 Å². The summed E-state index contributed by atoms with van der Waals surface area (Å²) in [5.41, 5.74) is 0.862. The Bertz CT molecular complexity index is 589. The van der Waals surface area contributed by atoms with Crippen LogP contribution in [0, 0.1) is 0 Å². The van der Waals surface area contributed by atoms with Gasteiger partial charge in [-0.25, -0.2) is 0 Å². The second-order valence-corrected chi connectivity index (χ2v) is 4.34. The van der Waals surface area contributed by atoms with Gasteiger partial charge in [0.1, 0.15) is 0 Å². The van der Waals surface area contributed by atoms with Crippen molar-refractivity contribution in [2.45, 2.75) is 19.5 Å². The topological polar surface area (TPSA) is 71.0 Å². The van der Waals surface area contributed by atoms with E-state index in [2.05, 4.69) is 10.2 Å². The van der Waals surface area contributed by atoms with Crippen molar-refractivity contribution in [1.82, 2.24) is 19.7 Å². The Balaban J connectivity index is 1.87. The molecule has 0 bridgehead atoms. The number of amides is 1. The second-order valence-electron chi connectivity index (χ2n) is 4.34. The molecule has 2 rings (SSSR count). The first kappa shape index (κ1) is 13.1. The molecule has 0 fully saturated rings. The van der Waals surface area contributed by atoms with Crippen LogP contribution in [0.15, 0.2) is 41.6 Å². The minimum atomic E-state index is -0.0900. The first-order valence-electron chi connectivity index (χ1n) is 6.04. The van der Waals surface area contributed by atoms with Gasteiger partial charge in [0.2, 0.25) is 5.91 Å². The summed E-state index contributed by atoms with van der Waals surface area (Å²) >= 11 is 0. The van der Waals surface area contributed by atoms with Gasteiger partial charge in [0, 0.05) is 50.6 Å². The molecule has 0 atom stereocenters. The number of carbonyl (C=O) groups is 1. The smallest absolute Gasteiger partial charge is 0.250 e. The van der Waals surface area contributed by atoms with Gasteiger partial charge in [-0.3, -0.25) is 14.7 Å². The zero-order chi connectivity index (χ0) is 13.7. The number of aromatic amines is 1. The Labute approximate surface area is 110 Å². The Hall–Kier alpha value is -2.37. The van der Waals surface area contributed by atoms with Crippen molar-refractivity contribution in [2.75, 3.05) is 7.05 Å². The highest BCUT2D eigenvalue weighted by atomic mass is 16.2. The van der Waals surface area contributed by atoms with Gasteiger partial charge in [0.05, 0.1) is 6.20 Å². The lowest BCUT2D eigenvalue weighted by atomic mass is 10.3. The normalized spacial score (nSPS) is 10.4.